The molecule has 4 N–H and O–H groups in total. The lowest BCUT2D eigenvalue weighted by molar-refractivity contribution is -0.117. The zero-order valence-electron chi connectivity index (χ0n) is 21.4. The van der Waals surface area contributed by atoms with Crippen LogP contribution in [-0.4, -0.2) is 59.9 Å². The Bertz CT molecular complexity index is 1520. The summed E-state index contributed by atoms with van der Waals surface area (Å²) in [4.78, 5) is 44.7. The van der Waals surface area contributed by atoms with Gasteiger partial charge < -0.3 is 20.9 Å². The Labute approximate surface area is 224 Å². The van der Waals surface area contributed by atoms with Gasteiger partial charge in [-0.3, -0.25) is 19.7 Å². The standard InChI is InChI=1S/C27H28N10O2/c1-16-11-29-27-33-21-8-17(12-28-13-21)2-3-19-10-20(32-24(16)35-27)4-5-22(19)34-23(38)9-18-6-7-37(14-18)26(39)25-30-15-31-36-25/h4-5,8,10-13,15,18H,2-3,6-7,9,14H2,1H3,(H,34,38)(H,30,31,36)(H2,29,32,33,35)/t18-/m1/s1. The van der Waals surface area contributed by atoms with Crippen molar-refractivity contribution in [3.05, 3.63) is 71.7 Å². The number of carbonyl (C=O) groups is 2. The first kappa shape index (κ1) is 24.5. The maximum absolute atomic E-state index is 13.1. The average Bonchev–Trinajstić information content (AvgIpc) is 3.63. The van der Waals surface area contributed by atoms with E-state index in [9.17, 15) is 9.59 Å². The zero-order valence-corrected chi connectivity index (χ0v) is 21.4. The van der Waals surface area contributed by atoms with Crippen molar-refractivity contribution in [2.24, 2.45) is 5.92 Å². The van der Waals surface area contributed by atoms with Gasteiger partial charge >= 0.3 is 0 Å². The molecule has 1 aromatic carbocycles. The van der Waals surface area contributed by atoms with Crippen LogP contribution in [0.15, 0.2) is 49.2 Å². The summed E-state index contributed by atoms with van der Waals surface area (Å²) in [5, 5.41) is 16.2. The van der Waals surface area contributed by atoms with Crippen LogP contribution >= 0.6 is 0 Å². The van der Waals surface area contributed by atoms with Crippen molar-refractivity contribution in [1.82, 2.24) is 35.0 Å². The minimum atomic E-state index is -0.215. The number of rotatable bonds is 4. The van der Waals surface area contributed by atoms with E-state index in [2.05, 4.69) is 46.1 Å². The number of hydrogen-bond acceptors (Lipinski definition) is 9. The third kappa shape index (κ3) is 5.54. The minimum Gasteiger partial charge on any atom is -0.340 e. The fourth-order valence-corrected chi connectivity index (χ4v) is 4.97. The number of fused-ring (bicyclic) bond motifs is 6. The Morgan fingerprint density at radius 3 is 2.87 bits per heavy atom. The molecule has 6 bridgehead atoms. The molecule has 0 saturated carbocycles. The number of nitrogens with zero attached hydrogens (tertiary/aromatic N) is 6. The van der Waals surface area contributed by atoms with Crippen LogP contribution in [-0.2, 0) is 17.6 Å². The van der Waals surface area contributed by atoms with Crippen LogP contribution in [0.25, 0.3) is 0 Å². The fraction of sp³-hybridized carbons (Fsp3) is 0.296. The summed E-state index contributed by atoms with van der Waals surface area (Å²) in [7, 11) is 0. The lowest BCUT2D eigenvalue weighted by Gasteiger charge is -2.16. The number of aromatic nitrogens is 6. The summed E-state index contributed by atoms with van der Waals surface area (Å²) in [5.74, 6) is 1.13. The summed E-state index contributed by atoms with van der Waals surface area (Å²) < 4.78 is 0. The topological polar surface area (TPSA) is 154 Å². The highest BCUT2D eigenvalue weighted by molar-refractivity contribution is 5.93. The lowest BCUT2D eigenvalue weighted by Crippen LogP contribution is -2.30. The van der Waals surface area contributed by atoms with Gasteiger partial charge in [0, 0.05) is 48.8 Å². The van der Waals surface area contributed by atoms with Gasteiger partial charge in [0.05, 0.1) is 11.9 Å². The molecule has 12 nitrogen and oxygen atoms in total. The third-order valence-corrected chi connectivity index (χ3v) is 7.00. The van der Waals surface area contributed by atoms with Crippen molar-refractivity contribution in [1.29, 1.82) is 0 Å². The van der Waals surface area contributed by atoms with Gasteiger partial charge in [-0.1, -0.05) is 0 Å². The van der Waals surface area contributed by atoms with Gasteiger partial charge in [0.25, 0.3) is 5.91 Å². The van der Waals surface area contributed by atoms with Gasteiger partial charge in [-0.25, -0.2) is 9.97 Å². The molecule has 2 aliphatic rings. The molecule has 1 atom stereocenters. The number of pyridine rings is 1. The number of hydrogen-bond donors (Lipinski definition) is 4. The Morgan fingerprint density at radius 2 is 2.00 bits per heavy atom. The highest BCUT2D eigenvalue weighted by Crippen LogP contribution is 2.28. The maximum Gasteiger partial charge on any atom is 0.293 e. The molecule has 39 heavy (non-hydrogen) atoms. The van der Waals surface area contributed by atoms with Crippen molar-refractivity contribution in [2.45, 2.75) is 32.6 Å². The van der Waals surface area contributed by atoms with E-state index in [1.807, 2.05) is 37.4 Å². The van der Waals surface area contributed by atoms with Crippen molar-refractivity contribution in [3.63, 3.8) is 0 Å². The molecule has 0 unspecified atom stereocenters. The molecular weight excluding hydrogens is 496 g/mol. The summed E-state index contributed by atoms with van der Waals surface area (Å²) in [6, 6.07) is 7.94. The lowest BCUT2D eigenvalue weighted by atomic mass is 10.0. The van der Waals surface area contributed by atoms with E-state index in [4.69, 9.17) is 0 Å². The SMILES string of the molecule is Cc1cnc2nc1Nc1ccc(NC(=O)C[C@H]3CCN(C(=O)c4nc[nH]n4)C3)c(c1)CCc1cncc(c1)N2. The van der Waals surface area contributed by atoms with Crippen molar-refractivity contribution in [2.75, 3.05) is 29.0 Å². The van der Waals surface area contributed by atoms with Gasteiger partial charge in [0.2, 0.25) is 17.7 Å². The molecule has 198 valence electrons. The highest BCUT2D eigenvalue weighted by Gasteiger charge is 2.30. The average molecular weight is 525 g/mol. The monoisotopic (exact) mass is 524 g/mol. The number of carbonyl (C=O) groups excluding carboxylic acids is 2. The summed E-state index contributed by atoms with van der Waals surface area (Å²) in [6.07, 6.45) is 9.29. The van der Waals surface area contributed by atoms with E-state index in [1.165, 1.54) is 6.33 Å². The first-order valence-electron chi connectivity index (χ1n) is 12.9. The minimum absolute atomic E-state index is 0.0729. The van der Waals surface area contributed by atoms with E-state index in [0.717, 1.165) is 46.6 Å². The van der Waals surface area contributed by atoms with Gasteiger partial charge in [-0.15, -0.1) is 5.10 Å². The van der Waals surface area contributed by atoms with Crippen LogP contribution in [0.1, 0.15) is 40.2 Å². The maximum atomic E-state index is 13.1. The van der Waals surface area contributed by atoms with Crippen LogP contribution in [0.5, 0.6) is 0 Å². The van der Waals surface area contributed by atoms with Gasteiger partial charge in [0.1, 0.15) is 12.1 Å². The van der Waals surface area contributed by atoms with Crippen molar-refractivity contribution >= 4 is 40.6 Å². The third-order valence-electron chi connectivity index (χ3n) is 7.00. The normalized spacial score (nSPS) is 16.2. The largest absolute Gasteiger partial charge is 0.340 e. The first-order valence-corrected chi connectivity index (χ1v) is 12.9. The van der Waals surface area contributed by atoms with E-state index in [-0.39, 0.29) is 23.6 Å². The molecule has 2 amide bonds. The fourth-order valence-electron chi connectivity index (χ4n) is 4.97. The number of aryl methyl sites for hydroxylation is 3. The number of aromatic amines is 1. The van der Waals surface area contributed by atoms with Crippen LogP contribution in [0.2, 0.25) is 0 Å². The van der Waals surface area contributed by atoms with Crippen LogP contribution < -0.4 is 16.0 Å². The highest BCUT2D eigenvalue weighted by atomic mass is 16.2. The summed E-state index contributed by atoms with van der Waals surface area (Å²) in [5.41, 5.74) is 5.43. The van der Waals surface area contributed by atoms with E-state index < -0.39 is 0 Å². The molecule has 1 saturated heterocycles. The summed E-state index contributed by atoms with van der Waals surface area (Å²) >= 11 is 0. The number of nitrogens with one attached hydrogen (secondary N) is 4. The molecular formula is C27H28N10O2. The molecule has 3 aromatic heterocycles. The Hall–Kier alpha value is -4.87. The van der Waals surface area contributed by atoms with Gasteiger partial charge in [-0.05, 0) is 67.5 Å². The molecule has 6 rings (SSSR count). The molecule has 0 radical (unpaired) electrons. The number of benzene rings is 1. The number of H-pyrrole nitrogens is 1. The zero-order chi connectivity index (χ0) is 26.8. The second kappa shape index (κ2) is 10.5. The molecule has 5 heterocycles. The van der Waals surface area contributed by atoms with Crippen molar-refractivity contribution < 1.29 is 9.59 Å². The molecule has 4 aromatic rings. The first-order chi connectivity index (χ1) is 19.0. The second-order valence-corrected chi connectivity index (χ2v) is 9.91. The molecule has 1 fully saturated rings. The Balaban J connectivity index is 1.19. The smallest absolute Gasteiger partial charge is 0.293 e. The molecule has 0 spiro atoms. The molecule has 2 aliphatic heterocycles. The predicted octanol–water partition coefficient (Wildman–Crippen LogP) is 3.37. The van der Waals surface area contributed by atoms with Crippen LogP contribution in [0, 0.1) is 12.8 Å². The number of likely N-dealkylation sites (tertiary alicyclic amines) is 1. The number of amides is 2. The second-order valence-electron chi connectivity index (χ2n) is 9.91. The van der Waals surface area contributed by atoms with E-state index in [0.29, 0.717) is 37.7 Å². The van der Waals surface area contributed by atoms with Crippen molar-refractivity contribution in [3.8, 4) is 0 Å². The molecule has 12 heteroatoms. The van der Waals surface area contributed by atoms with Crippen LogP contribution in [0.3, 0.4) is 0 Å². The molecule has 0 aliphatic carbocycles. The summed E-state index contributed by atoms with van der Waals surface area (Å²) in [6.45, 7) is 3.04. The quantitative estimate of drug-likeness (QED) is 0.315. The Kier molecular flexibility index (Phi) is 6.57. The number of anilines is 5. The van der Waals surface area contributed by atoms with Crippen LogP contribution in [0.4, 0.5) is 28.8 Å². The van der Waals surface area contributed by atoms with E-state index in [1.54, 1.807) is 17.3 Å². The predicted molar refractivity (Wildman–Crippen MR) is 145 cm³/mol. The van der Waals surface area contributed by atoms with Gasteiger partial charge in [0.15, 0.2) is 0 Å². The van der Waals surface area contributed by atoms with Gasteiger partial charge in [-0.2, -0.15) is 4.98 Å². The van der Waals surface area contributed by atoms with E-state index >= 15 is 0 Å². The Morgan fingerprint density at radius 1 is 1.08 bits per heavy atom.